The summed E-state index contributed by atoms with van der Waals surface area (Å²) in [5, 5.41) is 11.7. The molecular formula is C11H23NO2. The molecule has 0 unspecified atom stereocenters. The van der Waals surface area contributed by atoms with Crippen LogP contribution in [0.4, 0.5) is 0 Å². The van der Waals surface area contributed by atoms with E-state index in [1.807, 2.05) is 0 Å². The van der Waals surface area contributed by atoms with Crippen molar-refractivity contribution >= 4 is 0 Å². The van der Waals surface area contributed by atoms with E-state index in [0.29, 0.717) is 0 Å². The molecule has 14 heavy (non-hydrogen) atoms. The summed E-state index contributed by atoms with van der Waals surface area (Å²) in [5.41, 5.74) is -0.167. The molecule has 0 atom stereocenters. The van der Waals surface area contributed by atoms with Crippen molar-refractivity contribution in [3.63, 3.8) is 0 Å². The van der Waals surface area contributed by atoms with Crippen molar-refractivity contribution in [2.75, 3.05) is 13.1 Å². The van der Waals surface area contributed by atoms with Gasteiger partial charge >= 0.3 is 0 Å². The minimum atomic E-state index is -0.167. The van der Waals surface area contributed by atoms with Gasteiger partial charge in [-0.25, -0.2) is 4.89 Å². The zero-order valence-corrected chi connectivity index (χ0v) is 9.22. The van der Waals surface area contributed by atoms with Gasteiger partial charge in [-0.05, 0) is 45.2 Å². The topological polar surface area (TPSA) is 41.5 Å². The first-order chi connectivity index (χ1) is 6.83. The second kappa shape index (κ2) is 6.38. The molecular weight excluding hydrogens is 178 g/mol. The molecule has 0 bridgehead atoms. The van der Waals surface area contributed by atoms with E-state index in [-0.39, 0.29) is 5.60 Å². The van der Waals surface area contributed by atoms with Gasteiger partial charge < -0.3 is 5.32 Å². The van der Waals surface area contributed by atoms with E-state index < -0.39 is 0 Å². The van der Waals surface area contributed by atoms with Crippen LogP contribution in [0.2, 0.25) is 0 Å². The van der Waals surface area contributed by atoms with Crippen LogP contribution in [0.1, 0.15) is 51.9 Å². The SMILES string of the molecule is C1CCNC1.CCC1(OO)CCCC1. The van der Waals surface area contributed by atoms with Gasteiger partial charge in [-0.15, -0.1) is 0 Å². The standard InChI is InChI=1S/C7H14O2.C4H9N/c1-2-7(9-8)5-3-4-6-7;1-2-4-5-3-1/h8H,2-6H2,1H3;5H,1-4H2. The molecule has 2 N–H and O–H groups in total. The molecule has 0 aromatic rings. The smallest absolute Gasteiger partial charge is 0.103 e. The molecule has 0 aromatic heterocycles. The van der Waals surface area contributed by atoms with Gasteiger partial charge in [-0.1, -0.05) is 19.8 Å². The van der Waals surface area contributed by atoms with Crippen LogP contribution in [0.15, 0.2) is 0 Å². The molecule has 3 heteroatoms. The Morgan fingerprint density at radius 1 is 1.14 bits per heavy atom. The summed E-state index contributed by atoms with van der Waals surface area (Å²) in [6.07, 6.45) is 8.17. The summed E-state index contributed by atoms with van der Waals surface area (Å²) < 4.78 is 0. The van der Waals surface area contributed by atoms with Crippen molar-refractivity contribution in [2.24, 2.45) is 0 Å². The van der Waals surface area contributed by atoms with Gasteiger partial charge in [0.2, 0.25) is 0 Å². The van der Waals surface area contributed by atoms with Gasteiger partial charge in [0.25, 0.3) is 0 Å². The van der Waals surface area contributed by atoms with E-state index in [2.05, 4.69) is 17.1 Å². The third kappa shape index (κ3) is 3.56. The summed E-state index contributed by atoms with van der Waals surface area (Å²) in [7, 11) is 0. The number of rotatable bonds is 2. The average Bonchev–Trinajstić information content (AvgIpc) is 2.93. The first kappa shape index (κ1) is 12.0. The van der Waals surface area contributed by atoms with E-state index in [1.165, 1.54) is 38.8 Å². The summed E-state index contributed by atoms with van der Waals surface area (Å²) in [4.78, 5) is 4.45. The lowest BCUT2D eigenvalue weighted by Gasteiger charge is -2.22. The van der Waals surface area contributed by atoms with Gasteiger partial charge in [-0.2, -0.15) is 0 Å². The molecule has 0 aromatic carbocycles. The zero-order chi connectivity index (χ0) is 10.3. The minimum Gasteiger partial charge on any atom is -0.317 e. The second-order valence-corrected chi connectivity index (χ2v) is 4.29. The highest BCUT2D eigenvalue weighted by atomic mass is 17.1. The third-order valence-electron chi connectivity index (χ3n) is 3.31. The third-order valence-corrected chi connectivity index (χ3v) is 3.31. The second-order valence-electron chi connectivity index (χ2n) is 4.29. The molecule has 0 spiro atoms. The molecule has 84 valence electrons. The Hall–Kier alpha value is -0.120. The van der Waals surface area contributed by atoms with Crippen molar-refractivity contribution in [1.82, 2.24) is 5.32 Å². The van der Waals surface area contributed by atoms with Crippen molar-refractivity contribution in [2.45, 2.75) is 57.5 Å². The molecule has 0 radical (unpaired) electrons. The van der Waals surface area contributed by atoms with Crippen LogP contribution in [-0.2, 0) is 4.89 Å². The normalized spacial score (nSPS) is 24.4. The van der Waals surface area contributed by atoms with E-state index >= 15 is 0 Å². The van der Waals surface area contributed by atoms with Gasteiger partial charge in [0.1, 0.15) is 5.60 Å². The van der Waals surface area contributed by atoms with E-state index in [1.54, 1.807) is 0 Å². The maximum absolute atomic E-state index is 8.52. The Morgan fingerprint density at radius 3 is 1.93 bits per heavy atom. The highest BCUT2D eigenvalue weighted by molar-refractivity contribution is 4.83. The highest BCUT2D eigenvalue weighted by Gasteiger charge is 2.33. The number of nitrogens with one attached hydrogen (secondary N) is 1. The number of hydrogen-bond donors (Lipinski definition) is 2. The van der Waals surface area contributed by atoms with Crippen LogP contribution in [0, 0.1) is 0 Å². The van der Waals surface area contributed by atoms with Crippen LogP contribution in [0.25, 0.3) is 0 Å². The zero-order valence-electron chi connectivity index (χ0n) is 9.22. The predicted molar refractivity (Wildman–Crippen MR) is 57.3 cm³/mol. The molecule has 2 aliphatic rings. The molecule has 1 saturated heterocycles. The predicted octanol–water partition coefficient (Wildman–Crippen LogP) is 2.57. The lowest BCUT2D eigenvalue weighted by molar-refractivity contribution is -0.322. The molecule has 2 rings (SSSR count). The Kier molecular flexibility index (Phi) is 5.45. The summed E-state index contributed by atoms with van der Waals surface area (Å²) in [6.45, 7) is 4.56. The first-order valence-corrected chi connectivity index (χ1v) is 5.86. The molecule has 1 aliphatic carbocycles. The maximum atomic E-state index is 8.52. The molecule has 1 saturated carbocycles. The van der Waals surface area contributed by atoms with Crippen LogP contribution < -0.4 is 5.32 Å². The van der Waals surface area contributed by atoms with Crippen LogP contribution in [-0.4, -0.2) is 23.9 Å². The van der Waals surface area contributed by atoms with E-state index in [9.17, 15) is 0 Å². The largest absolute Gasteiger partial charge is 0.317 e. The van der Waals surface area contributed by atoms with Crippen molar-refractivity contribution in [1.29, 1.82) is 0 Å². The van der Waals surface area contributed by atoms with Crippen LogP contribution in [0.5, 0.6) is 0 Å². The Labute approximate surface area is 86.8 Å². The molecule has 1 heterocycles. The molecule has 1 aliphatic heterocycles. The lowest BCUT2D eigenvalue weighted by atomic mass is 10.00. The van der Waals surface area contributed by atoms with Gasteiger partial charge in [0.05, 0.1) is 0 Å². The Bertz CT molecular complexity index is 127. The lowest BCUT2D eigenvalue weighted by Crippen LogP contribution is -2.25. The Balaban J connectivity index is 0.000000165. The average molecular weight is 201 g/mol. The fourth-order valence-electron chi connectivity index (χ4n) is 2.15. The van der Waals surface area contributed by atoms with Gasteiger partial charge in [0.15, 0.2) is 0 Å². The fraction of sp³-hybridized carbons (Fsp3) is 1.00. The monoisotopic (exact) mass is 201 g/mol. The highest BCUT2D eigenvalue weighted by Crippen LogP contribution is 2.34. The van der Waals surface area contributed by atoms with Gasteiger partial charge in [0, 0.05) is 0 Å². The van der Waals surface area contributed by atoms with Crippen molar-refractivity contribution < 1.29 is 10.1 Å². The Morgan fingerprint density at radius 2 is 1.71 bits per heavy atom. The van der Waals surface area contributed by atoms with Crippen molar-refractivity contribution in [3.8, 4) is 0 Å². The summed E-state index contributed by atoms with van der Waals surface area (Å²) in [5.74, 6) is 0. The summed E-state index contributed by atoms with van der Waals surface area (Å²) in [6, 6.07) is 0. The van der Waals surface area contributed by atoms with Crippen LogP contribution in [0.3, 0.4) is 0 Å². The van der Waals surface area contributed by atoms with E-state index in [0.717, 1.165) is 19.3 Å². The fourth-order valence-corrected chi connectivity index (χ4v) is 2.15. The quantitative estimate of drug-likeness (QED) is 0.533. The molecule has 2 fully saturated rings. The molecule has 3 nitrogen and oxygen atoms in total. The molecule has 0 amide bonds. The van der Waals surface area contributed by atoms with Gasteiger partial charge in [-0.3, -0.25) is 5.26 Å². The van der Waals surface area contributed by atoms with Crippen molar-refractivity contribution in [3.05, 3.63) is 0 Å². The maximum Gasteiger partial charge on any atom is 0.103 e. The summed E-state index contributed by atoms with van der Waals surface area (Å²) >= 11 is 0. The van der Waals surface area contributed by atoms with Crippen LogP contribution >= 0.6 is 0 Å². The minimum absolute atomic E-state index is 0.167. The number of hydrogen-bond acceptors (Lipinski definition) is 3. The first-order valence-electron chi connectivity index (χ1n) is 5.86. The van der Waals surface area contributed by atoms with E-state index in [4.69, 9.17) is 5.26 Å².